The maximum Gasteiger partial charge on any atom is 0.223 e. The van der Waals surface area contributed by atoms with Crippen LogP contribution in [0.25, 0.3) is 20.7 Å². The van der Waals surface area contributed by atoms with Gasteiger partial charge in [0.15, 0.2) is 0 Å². The number of aromatic nitrogens is 2. The number of hydrogen-bond acceptors (Lipinski definition) is 6. The predicted octanol–water partition coefficient (Wildman–Crippen LogP) is 4.39. The number of thioether (sulfide) groups is 1. The van der Waals surface area contributed by atoms with Gasteiger partial charge in [-0.2, -0.15) is 0 Å². The van der Waals surface area contributed by atoms with Crippen molar-refractivity contribution in [2.75, 3.05) is 32.9 Å². The van der Waals surface area contributed by atoms with Crippen LogP contribution in [0.2, 0.25) is 0 Å². The van der Waals surface area contributed by atoms with Crippen molar-refractivity contribution in [3.05, 3.63) is 42.7 Å². The van der Waals surface area contributed by atoms with Gasteiger partial charge in [0.05, 0.1) is 0 Å². The molecule has 5 nitrogen and oxygen atoms in total. The summed E-state index contributed by atoms with van der Waals surface area (Å²) in [5.41, 5.74) is 1.20. The number of hydrogen-bond donors (Lipinski definition) is 0. The zero-order chi connectivity index (χ0) is 20.2. The average Bonchev–Trinajstić information content (AvgIpc) is 3.19. The Bertz CT molecular complexity index is 967. The van der Waals surface area contributed by atoms with Gasteiger partial charge in [-0.1, -0.05) is 30.3 Å². The molecule has 0 radical (unpaired) electrons. The first-order valence-corrected chi connectivity index (χ1v) is 11.8. The minimum atomic E-state index is 0.229. The summed E-state index contributed by atoms with van der Waals surface area (Å²) in [7, 11) is 4.10. The average molecular weight is 427 g/mol. The van der Waals surface area contributed by atoms with Crippen LogP contribution >= 0.6 is 23.1 Å². The highest BCUT2D eigenvalue weighted by Crippen LogP contribution is 2.36. The van der Waals surface area contributed by atoms with Crippen LogP contribution in [-0.4, -0.2) is 64.7 Å². The van der Waals surface area contributed by atoms with Gasteiger partial charge in [0.25, 0.3) is 0 Å². The molecule has 0 N–H and O–H groups in total. The van der Waals surface area contributed by atoms with Crippen molar-refractivity contribution in [2.45, 2.75) is 30.3 Å². The number of piperidine rings is 1. The SMILES string of the molecule is CN1CCC(N(C)C(=O)CCSc2ncnc3sc(-c4ccccc4)cc23)CC1. The zero-order valence-electron chi connectivity index (χ0n) is 16.9. The van der Waals surface area contributed by atoms with Crippen LogP contribution in [0.5, 0.6) is 0 Å². The summed E-state index contributed by atoms with van der Waals surface area (Å²) in [6.45, 7) is 2.13. The van der Waals surface area contributed by atoms with E-state index in [-0.39, 0.29) is 5.91 Å². The molecule has 0 aliphatic carbocycles. The lowest BCUT2D eigenvalue weighted by Crippen LogP contribution is -2.44. The number of likely N-dealkylation sites (tertiary alicyclic amines) is 1. The van der Waals surface area contributed by atoms with E-state index in [4.69, 9.17) is 0 Å². The third-order valence-electron chi connectivity index (χ3n) is 5.54. The van der Waals surface area contributed by atoms with E-state index >= 15 is 0 Å². The maximum absolute atomic E-state index is 12.6. The fourth-order valence-corrected chi connectivity index (χ4v) is 5.66. The van der Waals surface area contributed by atoms with Crippen LogP contribution in [-0.2, 0) is 4.79 Å². The van der Waals surface area contributed by atoms with Gasteiger partial charge in [-0.25, -0.2) is 9.97 Å². The van der Waals surface area contributed by atoms with Crippen molar-refractivity contribution >= 4 is 39.2 Å². The molecule has 0 unspecified atom stereocenters. The molecule has 0 saturated carbocycles. The Labute approximate surface area is 180 Å². The first kappa shape index (κ1) is 20.3. The van der Waals surface area contributed by atoms with Gasteiger partial charge in [0, 0.05) is 35.5 Å². The number of benzene rings is 1. The molecular weight excluding hydrogens is 400 g/mol. The lowest BCUT2D eigenvalue weighted by molar-refractivity contribution is -0.132. The molecule has 29 heavy (non-hydrogen) atoms. The predicted molar refractivity (Wildman–Crippen MR) is 121 cm³/mol. The second kappa shape index (κ2) is 9.24. The number of amides is 1. The highest BCUT2D eigenvalue weighted by atomic mass is 32.2. The fourth-order valence-electron chi connectivity index (χ4n) is 3.69. The molecule has 0 atom stereocenters. The lowest BCUT2D eigenvalue weighted by Gasteiger charge is -2.35. The second-order valence-corrected chi connectivity index (χ2v) is 9.63. The van der Waals surface area contributed by atoms with E-state index in [9.17, 15) is 4.79 Å². The molecule has 152 valence electrons. The Morgan fingerprint density at radius 1 is 1.24 bits per heavy atom. The summed E-state index contributed by atoms with van der Waals surface area (Å²) in [6, 6.07) is 12.9. The summed E-state index contributed by atoms with van der Waals surface area (Å²) in [5, 5.41) is 2.04. The minimum Gasteiger partial charge on any atom is -0.343 e. The van der Waals surface area contributed by atoms with Crippen LogP contribution in [0.15, 0.2) is 47.8 Å². The van der Waals surface area contributed by atoms with Gasteiger partial charge in [-0.05, 0) is 44.6 Å². The van der Waals surface area contributed by atoms with Crippen molar-refractivity contribution in [3.63, 3.8) is 0 Å². The number of carbonyl (C=O) groups is 1. The normalized spacial score (nSPS) is 15.7. The van der Waals surface area contributed by atoms with E-state index in [0.717, 1.165) is 46.9 Å². The number of fused-ring (bicyclic) bond motifs is 1. The molecule has 3 heterocycles. The van der Waals surface area contributed by atoms with Crippen LogP contribution in [0.3, 0.4) is 0 Å². The third kappa shape index (κ3) is 4.79. The molecule has 1 saturated heterocycles. The number of nitrogens with zero attached hydrogens (tertiary/aromatic N) is 4. The Hall–Kier alpha value is -1.96. The third-order valence-corrected chi connectivity index (χ3v) is 7.63. The van der Waals surface area contributed by atoms with E-state index in [1.54, 1.807) is 29.4 Å². The minimum absolute atomic E-state index is 0.229. The molecule has 0 bridgehead atoms. The van der Waals surface area contributed by atoms with Crippen molar-refractivity contribution in [1.29, 1.82) is 0 Å². The van der Waals surface area contributed by atoms with Gasteiger partial charge in [-0.15, -0.1) is 23.1 Å². The number of carbonyl (C=O) groups excluding carboxylic acids is 1. The number of thiophene rings is 1. The van der Waals surface area contributed by atoms with Gasteiger partial charge in [-0.3, -0.25) is 4.79 Å². The molecule has 1 aromatic carbocycles. The molecule has 1 amide bonds. The van der Waals surface area contributed by atoms with Gasteiger partial charge < -0.3 is 9.80 Å². The largest absolute Gasteiger partial charge is 0.343 e. The zero-order valence-corrected chi connectivity index (χ0v) is 18.5. The monoisotopic (exact) mass is 426 g/mol. The molecule has 0 spiro atoms. The second-order valence-electron chi connectivity index (χ2n) is 7.51. The smallest absolute Gasteiger partial charge is 0.223 e. The summed E-state index contributed by atoms with van der Waals surface area (Å²) < 4.78 is 0. The molecule has 1 fully saturated rings. The quantitative estimate of drug-likeness (QED) is 0.432. The molecule has 7 heteroatoms. The van der Waals surface area contributed by atoms with Crippen LogP contribution in [0.4, 0.5) is 0 Å². The van der Waals surface area contributed by atoms with Crippen LogP contribution in [0.1, 0.15) is 19.3 Å². The maximum atomic E-state index is 12.6. The molecule has 1 aliphatic rings. The van der Waals surface area contributed by atoms with Crippen LogP contribution < -0.4 is 0 Å². The van der Waals surface area contributed by atoms with E-state index in [1.165, 1.54) is 10.4 Å². The standard InChI is InChI=1S/C22H26N4OS2/c1-25-11-8-17(9-12-25)26(2)20(27)10-13-28-21-18-14-19(16-6-4-3-5-7-16)29-22(18)24-15-23-21/h3-7,14-15,17H,8-13H2,1-2H3. The summed E-state index contributed by atoms with van der Waals surface area (Å²) >= 11 is 3.34. The van der Waals surface area contributed by atoms with Crippen molar-refractivity contribution in [1.82, 2.24) is 19.8 Å². The van der Waals surface area contributed by atoms with Crippen molar-refractivity contribution < 1.29 is 4.79 Å². The Morgan fingerprint density at radius 2 is 2.00 bits per heavy atom. The molecule has 1 aliphatic heterocycles. The van der Waals surface area contributed by atoms with E-state index in [0.29, 0.717) is 12.5 Å². The molecular formula is C22H26N4OS2. The molecule has 4 rings (SSSR count). The first-order chi connectivity index (χ1) is 14.1. The summed E-state index contributed by atoms with van der Waals surface area (Å²) in [6.07, 6.45) is 4.29. The highest BCUT2D eigenvalue weighted by molar-refractivity contribution is 7.99. The van der Waals surface area contributed by atoms with Gasteiger partial charge >= 0.3 is 0 Å². The first-order valence-electron chi connectivity index (χ1n) is 9.99. The Balaban J connectivity index is 1.38. The summed E-state index contributed by atoms with van der Waals surface area (Å²) in [4.78, 5) is 28.0. The highest BCUT2D eigenvalue weighted by Gasteiger charge is 2.23. The Kier molecular flexibility index (Phi) is 6.47. The van der Waals surface area contributed by atoms with E-state index in [1.807, 2.05) is 30.1 Å². The summed E-state index contributed by atoms with van der Waals surface area (Å²) in [5.74, 6) is 0.964. The van der Waals surface area contributed by atoms with E-state index in [2.05, 4.69) is 40.1 Å². The fraction of sp³-hybridized carbons (Fsp3) is 0.409. The molecule has 3 aromatic rings. The molecule has 2 aromatic heterocycles. The number of rotatable bonds is 6. The van der Waals surface area contributed by atoms with E-state index < -0.39 is 0 Å². The lowest BCUT2D eigenvalue weighted by atomic mass is 10.0. The van der Waals surface area contributed by atoms with Gasteiger partial charge in [0.2, 0.25) is 5.91 Å². The Morgan fingerprint density at radius 3 is 2.76 bits per heavy atom. The van der Waals surface area contributed by atoms with Crippen molar-refractivity contribution in [2.24, 2.45) is 0 Å². The van der Waals surface area contributed by atoms with Crippen LogP contribution in [0, 0.1) is 0 Å². The van der Waals surface area contributed by atoms with Gasteiger partial charge in [0.1, 0.15) is 16.2 Å². The topological polar surface area (TPSA) is 49.3 Å². The van der Waals surface area contributed by atoms with Crippen molar-refractivity contribution in [3.8, 4) is 10.4 Å².